The molecule has 3 heteroatoms. The summed E-state index contributed by atoms with van der Waals surface area (Å²) in [6.07, 6.45) is 1.64. The Morgan fingerprint density at radius 3 is 2.53 bits per heavy atom. The molecule has 0 saturated heterocycles. The van der Waals surface area contributed by atoms with Crippen molar-refractivity contribution in [2.24, 2.45) is 4.99 Å². The molecule has 86 valence electrons. The third kappa shape index (κ3) is 3.08. The van der Waals surface area contributed by atoms with Gasteiger partial charge in [-0.1, -0.05) is 23.2 Å². The van der Waals surface area contributed by atoms with E-state index >= 15 is 0 Å². The highest BCUT2D eigenvalue weighted by Crippen LogP contribution is 2.19. The predicted octanol–water partition coefficient (Wildman–Crippen LogP) is 4.10. The van der Waals surface area contributed by atoms with Crippen LogP contribution in [0, 0.1) is 6.92 Å². The number of phenols is 1. The topological polar surface area (TPSA) is 32.6 Å². The van der Waals surface area contributed by atoms with Gasteiger partial charge in [0.1, 0.15) is 5.75 Å². The molecule has 0 atom stereocenters. The van der Waals surface area contributed by atoms with E-state index in [-0.39, 0.29) is 5.75 Å². The van der Waals surface area contributed by atoms with Gasteiger partial charge in [0.25, 0.3) is 0 Å². The number of aliphatic imine (C=N–C) groups is 1. The third-order valence-electron chi connectivity index (χ3n) is 2.36. The fraction of sp³-hybridized carbons (Fsp3) is 0.0714. The number of rotatable bonds is 2. The van der Waals surface area contributed by atoms with Gasteiger partial charge in [0, 0.05) is 16.8 Å². The monoisotopic (exact) mass is 245 g/mol. The first kappa shape index (κ1) is 11.7. The average Bonchev–Trinajstić information content (AvgIpc) is 2.32. The minimum Gasteiger partial charge on any atom is -0.507 e. The molecule has 0 radical (unpaired) electrons. The van der Waals surface area contributed by atoms with Gasteiger partial charge in [-0.2, -0.15) is 0 Å². The molecule has 0 bridgehead atoms. The van der Waals surface area contributed by atoms with E-state index in [1.165, 1.54) is 0 Å². The minimum atomic E-state index is 0.230. The lowest BCUT2D eigenvalue weighted by Crippen LogP contribution is -1.83. The fourth-order valence-corrected chi connectivity index (χ4v) is 1.57. The second-order valence-corrected chi connectivity index (χ2v) is 4.23. The number of halogens is 1. The molecule has 0 aliphatic heterocycles. The van der Waals surface area contributed by atoms with Crippen LogP contribution >= 0.6 is 11.6 Å². The van der Waals surface area contributed by atoms with Gasteiger partial charge in [-0.15, -0.1) is 0 Å². The maximum atomic E-state index is 9.64. The van der Waals surface area contributed by atoms with Crippen molar-refractivity contribution >= 4 is 23.5 Å². The number of aryl methyl sites for hydroxylation is 1. The number of hydrogen-bond donors (Lipinski definition) is 1. The summed E-state index contributed by atoms with van der Waals surface area (Å²) in [6, 6.07) is 12.6. The molecule has 17 heavy (non-hydrogen) atoms. The second-order valence-electron chi connectivity index (χ2n) is 3.80. The van der Waals surface area contributed by atoms with Gasteiger partial charge in [-0.05, 0) is 43.3 Å². The SMILES string of the molecule is Cc1ccc(O)c(/C=N/c2ccc(Cl)cc2)c1. The molecule has 0 amide bonds. The molecule has 0 aromatic heterocycles. The number of phenolic OH excluding ortho intramolecular Hbond substituents is 1. The minimum absolute atomic E-state index is 0.230. The van der Waals surface area contributed by atoms with Crippen LogP contribution in [0.15, 0.2) is 47.5 Å². The normalized spacial score (nSPS) is 10.9. The zero-order chi connectivity index (χ0) is 12.3. The van der Waals surface area contributed by atoms with E-state index in [0.717, 1.165) is 11.3 Å². The Morgan fingerprint density at radius 1 is 1.12 bits per heavy atom. The molecule has 0 unspecified atom stereocenters. The van der Waals surface area contributed by atoms with E-state index in [2.05, 4.69) is 4.99 Å². The van der Waals surface area contributed by atoms with Crippen LogP contribution in [-0.4, -0.2) is 11.3 Å². The van der Waals surface area contributed by atoms with E-state index in [9.17, 15) is 5.11 Å². The van der Waals surface area contributed by atoms with Gasteiger partial charge in [-0.25, -0.2) is 0 Å². The molecule has 2 aromatic carbocycles. The lowest BCUT2D eigenvalue weighted by atomic mass is 10.1. The van der Waals surface area contributed by atoms with Crippen molar-refractivity contribution in [1.82, 2.24) is 0 Å². The Balaban J connectivity index is 2.25. The van der Waals surface area contributed by atoms with E-state index < -0.39 is 0 Å². The Hall–Kier alpha value is -1.80. The zero-order valence-electron chi connectivity index (χ0n) is 9.39. The maximum absolute atomic E-state index is 9.64. The van der Waals surface area contributed by atoms with E-state index in [1.54, 1.807) is 24.4 Å². The van der Waals surface area contributed by atoms with Crippen molar-refractivity contribution in [3.8, 4) is 5.75 Å². The highest BCUT2D eigenvalue weighted by Gasteiger charge is 1.97. The van der Waals surface area contributed by atoms with Crippen LogP contribution in [0.1, 0.15) is 11.1 Å². The van der Waals surface area contributed by atoms with Crippen molar-refractivity contribution in [2.45, 2.75) is 6.92 Å². The predicted molar refractivity (Wildman–Crippen MR) is 71.5 cm³/mol. The van der Waals surface area contributed by atoms with Crippen molar-refractivity contribution in [3.05, 3.63) is 58.6 Å². The van der Waals surface area contributed by atoms with Crippen molar-refractivity contribution in [2.75, 3.05) is 0 Å². The average molecular weight is 246 g/mol. The van der Waals surface area contributed by atoms with Crippen LogP contribution in [0.2, 0.25) is 5.02 Å². The van der Waals surface area contributed by atoms with Crippen LogP contribution in [0.25, 0.3) is 0 Å². The van der Waals surface area contributed by atoms with Gasteiger partial charge < -0.3 is 5.11 Å². The zero-order valence-corrected chi connectivity index (χ0v) is 10.1. The molecule has 0 fully saturated rings. The molecule has 0 heterocycles. The summed E-state index contributed by atoms with van der Waals surface area (Å²) in [5.74, 6) is 0.230. The molecular weight excluding hydrogens is 234 g/mol. The van der Waals surface area contributed by atoms with Crippen LogP contribution in [0.4, 0.5) is 5.69 Å². The van der Waals surface area contributed by atoms with E-state index in [0.29, 0.717) is 10.6 Å². The number of hydrogen-bond acceptors (Lipinski definition) is 2. The summed E-state index contributed by atoms with van der Waals surface area (Å²) in [5, 5.41) is 10.3. The molecule has 0 spiro atoms. The van der Waals surface area contributed by atoms with Crippen LogP contribution in [0.5, 0.6) is 5.75 Å². The molecule has 0 aliphatic carbocycles. The highest BCUT2D eigenvalue weighted by molar-refractivity contribution is 6.30. The third-order valence-corrected chi connectivity index (χ3v) is 2.61. The quantitative estimate of drug-likeness (QED) is 0.794. The van der Waals surface area contributed by atoms with Crippen LogP contribution < -0.4 is 0 Å². The lowest BCUT2D eigenvalue weighted by Gasteiger charge is -2.00. The van der Waals surface area contributed by atoms with Crippen molar-refractivity contribution < 1.29 is 5.11 Å². The van der Waals surface area contributed by atoms with Crippen molar-refractivity contribution in [3.63, 3.8) is 0 Å². The number of aromatic hydroxyl groups is 1. The van der Waals surface area contributed by atoms with E-state index in [4.69, 9.17) is 11.6 Å². The fourth-order valence-electron chi connectivity index (χ4n) is 1.45. The van der Waals surface area contributed by atoms with Gasteiger partial charge >= 0.3 is 0 Å². The Bertz CT molecular complexity index is 547. The first-order chi connectivity index (χ1) is 8.15. The van der Waals surface area contributed by atoms with E-state index in [1.807, 2.05) is 31.2 Å². The summed E-state index contributed by atoms with van der Waals surface area (Å²) in [4.78, 5) is 4.28. The van der Waals surface area contributed by atoms with Gasteiger partial charge in [0.05, 0.1) is 5.69 Å². The molecule has 0 saturated carbocycles. The van der Waals surface area contributed by atoms with Gasteiger partial charge in [-0.3, -0.25) is 4.99 Å². The molecule has 2 nitrogen and oxygen atoms in total. The van der Waals surface area contributed by atoms with Gasteiger partial charge in [0.2, 0.25) is 0 Å². The first-order valence-corrected chi connectivity index (χ1v) is 5.62. The summed E-state index contributed by atoms with van der Waals surface area (Å²) in [7, 11) is 0. The smallest absolute Gasteiger partial charge is 0.124 e. The van der Waals surface area contributed by atoms with Crippen LogP contribution in [-0.2, 0) is 0 Å². The first-order valence-electron chi connectivity index (χ1n) is 5.24. The maximum Gasteiger partial charge on any atom is 0.124 e. The lowest BCUT2D eigenvalue weighted by molar-refractivity contribution is 0.474. The summed E-state index contributed by atoms with van der Waals surface area (Å²) in [5.41, 5.74) is 2.59. The second kappa shape index (κ2) is 5.02. The summed E-state index contributed by atoms with van der Waals surface area (Å²) < 4.78 is 0. The molecule has 1 N–H and O–H groups in total. The Morgan fingerprint density at radius 2 is 1.82 bits per heavy atom. The molecule has 2 aromatic rings. The Kier molecular flexibility index (Phi) is 3.45. The molecule has 0 aliphatic rings. The van der Waals surface area contributed by atoms with Gasteiger partial charge in [0.15, 0.2) is 0 Å². The largest absolute Gasteiger partial charge is 0.507 e. The number of nitrogens with zero attached hydrogens (tertiary/aromatic N) is 1. The Labute approximate surface area is 105 Å². The molecular formula is C14H12ClNO. The van der Waals surface area contributed by atoms with Crippen LogP contribution in [0.3, 0.4) is 0 Å². The van der Waals surface area contributed by atoms with Crippen molar-refractivity contribution in [1.29, 1.82) is 0 Å². The molecule has 2 rings (SSSR count). The highest BCUT2D eigenvalue weighted by atomic mass is 35.5. The summed E-state index contributed by atoms with van der Waals surface area (Å²) >= 11 is 5.78. The summed E-state index contributed by atoms with van der Waals surface area (Å²) in [6.45, 7) is 1.97. The standard InChI is InChI=1S/C14H12ClNO/c1-10-2-7-14(17)11(8-10)9-16-13-5-3-12(15)4-6-13/h2-9,17H,1H3/b16-9+. The number of benzene rings is 2.